The molecule has 3 aromatic heterocycles. The number of nitrogens with one attached hydrogen (secondary N) is 1. The Kier molecular flexibility index (Phi) is 6.27. The van der Waals surface area contributed by atoms with Gasteiger partial charge in [-0.1, -0.05) is 0 Å². The predicted molar refractivity (Wildman–Crippen MR) is 142 cm³/mol. The van der Waals surface area contributed by atoms with Crippen LogP contribution in [0.1, 0.15) is 45.5 Å². The van der Waals surface area contributed by atoms with Crippen LogP contribution in [0.25, 0.3) is 16.6 Å². The van der Waals surface area contributed by atoms with Gasteiger partial charge in [-0.05, 0) is 51.7 Å². The van der Waals surface area contributed by atoms with Crippen LogP contribution in [0.4, 0.5) is 19.4 Å². The van der Waals surface area contributed by atoms with Crippen LogP contribution in [0, 0.1) is 17.6 Å². The molecule has 4 aromatic rings. The van der Waals surface area contributed by atoms with Gasteiger partial charge in [0.25, 0.3) is 5.56 Å². The van der Waals surface area contributed by atoms with Gasteiger partial charge in [-0.25, -0.2) is 37.7 Å². The van der Waals surface area contributed by atoms with Crippen molar-refractivity contribution in [3.63, 3.8) is 0 Å². The summed E-state index contributed by atoms with van der Waals surface area (Å²) < 4.78 is 38.3. The Morgan fingerprint density at radius 1 is 1.10 bits per heavy atom. The van der Waals surface area contributed by atoms with E-state index in [9.17, 15) is 18.4 Å². The molecule has 1 N–H and O–H groups in total. The maximum atomic E-state index is 14.9. The lowest BCUT2D eigenvalue weighted by Crippen LogP contribution is -2.57. The standard InChI is InChI=1S/C26H29F2N9O3/c1-26(2,3)40-25(39)34-10-12-35(13-11-34)37-22(33-20-17(28)7-6-16(27)18(20)24(37)38)19(15-4-5-15)32-21-23-29-8-9-36(23)31-14-30-21/h6-9,14-15,19H,4-5,10-13H2,1-3H3,(H,30,31,32)/t19-/m0/s1. The van der Waals surface area contributed by atoms with Gasteiger partial charge in [-0.15, -0.1) is 0 Å². The van der Waals surface area contributed by atoms with E-state index in [-0.39, 0.29) is 43.4 Å². The molecule has 0 spiro atoms. The zero-order valence-corrected chi connectivity index (χ0v) is 22.3. The fraction of sp³-hybridized carbons (Fsp3) is 0.462. The minimum absolute atomic E-state index is 0.0697. The Labute approximate surface area is 227 Å². The topological polar surface area (TPSA) is 123 Å². The molecule has 2 fully saturated rings. The molecule has 40 heavy (non-hydrogen) atoms. The third-order valence-electron chi connectivity index (χ3n) is 6.98. The summed E-state index contributed by atoms with van der Waals surface area (Å²) in [6, 6.07) is 1.34. The summed E-state index contributed by atoms with van der Waals surface area (Å²) >= 11 is 0. The van der Waals surface area contributed by atoms with Gasteiger partial charge in [-0.3, -0.25) is 4.79 Å². The van der Waals surface area contributed by atoms with E-state index in [2.05, 4.69) is 25.4 Å². The minimum Gasteiger partial charge on any atom is -0.444 e. The highest BCUT2D eigenvalue weighted by molar-refractivity contribution is 5.79. The van der Waals surface area contributed by atoms with E-state index in [1.807, 2.05) is 0 Å². The molecule has 1 amide bonds. The minimum atomic E-state index is -0.854. The fourth-order valence-electron chi connectivity index (χ4n) is 4.93. The van der Waals surface area contributed by atoms with Crippen molar-refractivity contribution >= 4 is 28.5 Å². The van der Waals surface area contributed by atoms with Crippen molar-refractivity contribution < 1.29 is 18.3 Å². The number of carbonyl (C=O) groups excluding carboxylic acids is 1. The number of hydrogen-bond donors (Lipinski definition) is 1. The van der Waals surface area contributed by atoms with E-state index in [1.54, 1.807) is 47.6 Å². The molecule has 12 nitrogen and oxygen atoms in total. The average molecular weight is 554 g/mol. The lowest BCUT2D eigenvalue weighted by Gasteiger charge is -2.38. The number of piperazine rings is 1. The summed E-state index contributed by atoms with van der Waals surface area (Å²) in [6.45, 7) is 6.43. The highest BCUT2D eigenvalue weighted by Crippen LogP contribution is 2.42. The molecule has 1 aliphatic heterocycles. The molecule has 1 saturated heterocycles. The molecule has 1 atom stereocenters. The molecule has 1 aromatic carbocycles. The van der Waals surface area contributed by atoms with Crippen LogP contribution in [-0.4, -0.2) is 72.0 Å². The first-order valence-electron chi connectivity index (χ1n) is 13.2. The number of anilines is 1. The monoisotopic (exact) mass is 553 g/mol. The summed E-state index contributed by atoms with van der Waals surface area (Å²) in [6.07, 6.45) is 5.90. The molecular weight excluding hydrogens is 524 g/mol. The quantitative estimate of drug-likeness (QED) is 0.397. The molecule has 210 valence electrons. The van der Waals surface area contributed by atoms with Gasteiger partial charge in [0, 0.05) is 25.5 Å². The van der Waals surface area contributed by atoms with Crippen LogP contribution in [-0.2, 0) is 4.74 Å². The number of rotatable bonds is 5. The van der Waals surface area contributed by atoms with E-state index in [1.165, 1.54) is 11.0 Å². The Hall–Kier alpha value is -4.36. The predicted octanol–water partition coefficient (Wildman–Crippen LogP) is 2.86. The first-order valence-corrected chi connectivity index (χ1v) is 13.2. The van der Waals surface area contributed by atoms with E-state index < -0.39 is 40.3 Å². The van der Waals surface area contributed by atoms with Gasteiger partial charge in [0.1, 0.15) is 34.5 Å². The third-order valence-corrected chi connectivity index (χ3v) is 6.98. The van der Waals surface area contributed by atoms with Gasteiger partial charge >= 0.3 is 6.09 Å². The number of fused-ring (bicyclic) bond motifs is 2. The summed E-state index contributed by atoms with van der Waals surface area (Å²) in [5.41, 5.74) is -1.22. The Bertz CT molecular complexity index is 1650. The summed E-state index contributed by atoms with van der Waals surface area (Å²) in [5, 5.41) is 8.80. The number of benzene rings is 1. The number of imidazole rings is 1. The molecule has 0 bridgehead atoms. The van der Waals surface area contributed by atoms with Crippen LogP contribution in [0.2, 0.25) is 0 Å². The Morgan fingerprint density at radius 2 is 1.82 bits per heavy atom. The highest BCUT2D eigenvalue weighted by Gasteiger charge is 2.38. The second kappa shape index (κ2) is 9.68. The molecule has 4 heterocycles. The van der Waals surface area contributed by atoms with Crippen molar-refractivity contribution in [3.05, 3.63) is 58.7 Å². The van der Waals surface area contributed by atoms with E-state index >= 15 is 0 Å². The summed E-state index contributed by atoms with van der Waals surface area (Å²) in [7, 11) is 0. The normalized spacial score (nSPS) is 16.9. The maximum Gasteiger partial charge on any atom is 0.410 e. The summed E-state index contributed by atoms with van der Waals surface area (Å²) in [5.74, 6) is -0.915. The first kappa shape index (κ1) is 25.9. The number of nitrogens with zero attached hydrogens (tertiary/aromatic N) is 8. The van der Waals surface area contributed by atoms with Crippen LogP contribution in [0.3, 0.4) is 0 Å². The number of amides is 1. The van der Waals surface area contributed by atoms with Crippen molar-refractivity contribution in [2.45, 2.75) is 45.3 Å². The maximum absolute atomic E-state index is 14.9. The third kappa shape index (κ3) is 4.77. The van der Waals surface area contributed by atoms with Gasteiger partial charge in [0.2, 0.25) is 0 Å². The van der Waals surface area contributed by atoms with Crippen LogP contribution in [0.5, 0.6) is 0 Å². The van der Waals surface area contributed by atoms with E-state index in [0.29, 0.717) is 11.5 Å². The molecule has 14 heteroatoms. The number of aromatic nitrogens is 6. The van der Waals surface area contributed by atoms with Crippen molar-refractivity contribution in [3.8, 4) is 0 Å². The van der Waals surface area contributed by atoms with Gasteiger partial charge in [0.15, 0.2) is 17.3 Å². The van der Waals surface area contributed by atoms with Crippen LogP contribution >= 0.6 is 0 Å². The summed E-state index contributed by atoms with van der Waals surface area (Å²) in [4.78, 5) is 41.3. The molecule has 0 radical (unpaired) electrons. The van der Waals surface area contributed by atoms with Crippen LogP contribution in [0.15, 0.2) is 35.6 Å². The first-order chi connectivity index (χ1) is 19.1. The smallest absolute Gasteiger partial charge is 0.410 e. The highest BCUT2D eigenvalue weighted by atomic mass is 19.1. The average Bonchev–Trinajstić information content (AvgIpc) is 3.63. The van der Waals surface area contributed by atoms with Crippen molar-refractivity contribution in [2.75, 3.05) is 36.5 Å². The number of carbonyl (C=O) groups is 1. The number of halogens is 2. The SMILES string of the molecule is CC(C)(C)OC(=O)N1CCN(n2c([C@@H](Nc3ncnn4ccnc34)C3CC3)nc3c(F)ccc(F)c3c2=O)CC1. The van der Waals surface area contributed by atoms with Gasteiger partial charge in [-0.2, -0.15) is 5.10 Å². The second-order valence-electron chi connectivity index (χ2n) is 11.0. The fourth-order valence-corrected chi connectivity index (χ4v) is 4.93. The number of ether oxygens (including phenoxy) is 1. The van der Waals surface area contributed by atoms with Gasteiger partial charge < -0.3 is 20.0 Å². The van der Waals surface area contributed by atoms with Crippen molar-refractivity contribution in [1.29, 1.82) is 0 Å². The zero-order valence-electron chi connectivity index (χ0n) is 22.3. The Morgan fingerprint density at radius 3 is 2.52 bits per heavy atom. The molecule has 2 aliphatic rings. The largest absolute Gasteiger partial charge is 0.444 e. The Balaban J connectivity index is 1.42. The van der Waals surface area contributed by atoms with E-state index in [4.69, 9.17) is 4.74 Å². The van der Waals surface area contributed by atoms with Crippen molar-refractivity contribution in [2.24, 2.45) is 5.92 Å². The lowest BCUT2D eigenvalue weighted by molar-refractivity contribution is 0.0231. The molecule has 0 unspecified atom stereocenters. The molecule has 1 saturated carbocycles. The molecule has 1 aliphatic carbocycles. The van der Waals surface area contributed by atoms with Crippen LogP contribution < -0.4 is 15.9 Å². The molecule has 6 rings (SSSR count). The number of hydrogen-bond acceptors (Lipinski definition) is 9. The lowest BCUT2D eigenvalue weighted by atomic mass is 10.1. The van der Waals surface area contributed by atoms with Gasteiger partial charge in [0.05, 0.1) is 19.1 Å². The van der Waals surface area contributed by atoms with E-state index in [0.717, 1.165) is 25.0 Å². The van der Waals surface area contributed by atoms with Crippen molar-refractivity contribution in [1.82, 2.24) is 34.1 Å². The molecular formula is C26H29F2N9O3. The second-order valence-corrected chi connectivity index (χ2v) is 11.0. The zero-order chi connectivity index (χ0) is 28.2.